The van der Waals surface area contributed by atoms with E-state index in [1.165, 1.54) is 19.3 Å². The monoisotopic (exact) mass is 177 g/mol. The minimum Gasteiger partial charge on any atom is -0.467 e. The second kappa shape index (κ2) is 3.54. The van der Waals surface area contributed by atoms with Crippen LogP contribution >= 0.6 is 11.6 Å². The molecule has 1 aliphatic heterocycles. The standard InChI is InChI=1S/C5H8ClN3O2/c1-10-5-7-3-9(11-2)4(6)8-5/h3H2,1-2H3. The number of nitrogens with zero attached hydrogens (tertiary/aromatic N) is 3. The molecule has 0 spiro atoms. The third kappa shape index (κ3) is 1.81. The molecule has 11 heavy (non-hydrogen) atoms. The maximum Gasteiger partial charge on any atom is 0.316 e. The van der Waals surface area contributed by atoms with E-state index in [0.717, 1.165) is 0 Å². The first-order chi connectivity index (χ1) is 5.27. The van der Waals surface area contributed by atoms with Crippen molar-refractivity contribution in [2.24, 2.45) is 9.98 Å². The molecule has 62 valence electrons. The molecule has 0 radical (unpaired) electrons. The van der Waals surface area contributed by atoms with Crippen LogP contribution in [0.2, 0.25) is 0 Å². The average molecular weight is 178 g/mol. The van der Waals surface area contributed by atoms with Crippen molar-refractivity contribution in [3.8, 4) is 0 Å². The lowest BCUT2D eigenvalue weighted by molar-refractivity contribution is -0.0611. The fourth-order valence-corrected chi connectivity index (χ4v) is 0.791. The number of amidine groups is 2. The third-order valence-corrected chi connectivity index (χ3v) is 1.40. The minimum atomic E-state index is 0.222. The summed E-state index contributed by atoms with van der Waals surface area (Å²) >= 11 is 5.65. The van der Waals surface area contributed by atoms with Gasteiger partial charge in [0.25, 0.3) is 0 Å². The first kappa shape index (κ1) is 8.29. The molecule has 0 aromatic rings. The van der Waals surface area contributed by atoms with Crippen molar-refractivity contribution < 1.29 is 9.57 Å². The van der Waals surface area contributed by atoms with Crippen molar-refractivity contribution in [3.05, 3.63) is 0 Å². The van der Waals surface area contributed by atoms with Gasteiger partial charge in [-0.1, -0.05) is 0 Å². The molecule has 0 aliphatic carbocycles. The van der Waals surface area contributed by atoms with Gasteiger partial charge in [0.05, 0.1) is 14.2 Å². The molecule has 0 atom stereocenters. The average Bonchev–Trinajstić information content (AvgIpc) is 2.04. The number of aliphatic imine (C=N–C) groups is 2. The summed E-state index contributed by atoms with van der Waals surface area (Å²) in [6.07, 6.45) is 0. The lowest BCUT2D eigenvalue weighted by atomic mass is 10.8. The van der Waals surface area contributed by atoms with E-state index in [2.05, 4.69) is 9.98 Å². The van der Waals surface area contributed by atoms with Gasteiger partial charge in [0.15, 0.2) is 0 Å². The van der Waals surface area contributed by atoms with Crippen molar-refractivity contribution in [2.75, 3.05) is 20.9 Å². The Hall–Kier alpha value is -0.810. The summed E-state index contributed by atoms with van der Waals surface area (Å²) < 4.78 is 4.75. The lowest BCUT2D eigenvalue weighted by Gasteiger charge is -2.19. The van der Waals surface area contributed by atoms with Crippen LogP contribution in [-0.2, 0) is 9.57 Å². The Labute approximate surface area is 69.2 Å². The van der Waals surface area contributed by atoms with Gasteiger partial charge in [0.2, 0.25) is 5.29 Å². The van der Waals surface area contributed by atoms with Crippen LogP contribution in [0.3, 0.4) is 0 Å². The van der Waals surface area contributed by atoms with Crippen LogP contribution in [-0.4, -0.2) is 37.3 Å². The van der Waals surface area contributed by atoms with Gasteiger partial charge in [-0.3, -0.25) is 4.84 Å². The van der Waals surface area contributed by atoms with E-state index in [1.807, 2.05) is 0 Å². The Balaban J connectivity index is 2.65. The summed E-state index contributed by atoms with van der Waals surface area (Å²) in [6, 6.07) is 0.267. The van der Waals surface area contributed by atoms with Crippen LogP contribution in [0.25, 0.3) is 0 Å². The molecule has 0 N–H and O–H groups in total. The zero-order valence-electron chi connectivity index (χ0n) is 6.24. The molecule has 0 bridgehead atoms. The number of methoxy groups -OCH3 is 1. The van der Waals surface area contributed by atoms with Gasteiger partial charge >= 0.3 is 6.02 Å². The van der Waals surface area contributed by atoms with Crippen molar-refractivity contribution in [1.82, 2.24) is 5.06 Å². The van der Waals surface area contributed by atoms with E-state index in [4.69, 9.17) is 21.2 Å². The van der Waals surface area contributed by atoms with E-state index in [-0.39, 0.29) is 11.3 Å². The topological polar surface area (TPSA) is 46.4 Å². The molecule has 0 aromatic heterocycles. The zero-order valence-corrected chi connectivity index (χ0v) is 7.00. The maximum atomic E-state index is 5.65. The fourth-order valence-electron chi connectivity index (χ4n) is 0.596. The Kier molecular flexibility index (Phi) is 2.67. The van der Waals surface area contributed by atoms with Gasteiger partial charge in [-0.15, -0.1) is 0 Å². The number of hydroxylamine groups is 2. The molecule has 0 amide bonds. The summed E-state index contributed by atoms with van der Waals surface area (Å²) in [6.45, 7) is 0.308. The largest absolute Gasteiger partial charge is 0.467 e. The SMILES string of the molecule is COC1=NCN(OC)C(Cl)=N1. The highest BCUT2D eigenvalue weighted by Crippen LogP contribution is 2.04. The van der Waals surface area contributed by atoms with Crippen molar-refractivity contribution in [3.63, 3.8) is 0 Å². The lowest BCUT2D eigenvalue weighted by Crippen LogP contribution is -2.31. The predicted octanol–water partition coefficient (Wildman–Crippen LogP) is 0.418. The Bertz CT molecular complexity index is 204. The number of halogens is 1. The third-order valence-electron chi connectivity index (χ3n) is 1.13. The van der Waals surface area contributed by atoms with Crippen LogP contribution in [0.5, 0.6) is 0 Å². The first-order valence-corrected chi connectivity index (χ1v) is 3.30. The van der Waals surface area contributed by atoms with Crippen LogP contribution in [0.15, 0.2) is 9.98 Å². The van der Waals surface area contributed by atoms with Gasteiger partial charge in [-0.25, -0.2) is 10.1 Å². The van der Waals surface area contributed by atoms with Crippen molar-refractivity contribution in [2.45, 2.75) is 0 Å². The minimum absolute atomic E-state index is 0.222. The van der Waals surface area contributed by atoms with E-state index in [1.54, 1.807) is 0 Å². The molecule has 1 heterocycles. The highest BCUT2D eigenvalue weighted by atomic mass is 35.5. The number of hydrogen-bond acceptors (Lipinski definition) is 5. The molecule has 0 saturated heterocycles. The molecule has 0 unspecified atom stereocenters. The quantitative estimate of drug-likeness (QED) is 0.546. The molecular formula is C5H8ClN3O2. The Morgan fingerprint density at radius 1 is 1.55 bits per heavy atom. The predicted molar refractivity (Wildman–Crippen MR) is 41.4 cm³/mol. The molecular weight excluding hydrogens is 170 g/mol. The zero-order chi connectivity index (χ0) is 8.27. The number of rotatable bonds is 1. The van der Waals surface area contributed by atoms with E-state index in [0.29, 0.717) is 6.67 Å². The highest BCUT2D eigenvalue weighted by molar-refractivity contribution is 6.65. The molecule has 5 nitrogen and oxygen atoms in total. The van der Waals surface area contributed by atoms with Gasteiger partial charge in [-0.2, -0.15) is 4.99 Å². The second-order valence-corrected chi connectivity index (χ2v) is 2.07. The fraction of sp³-hybridized carbons (Fsp3) is 0.600. The van der Waals surface area contributed by atoms with E-state index < -0.39 is 0 Å². The van der Waals surface area contributed by atoms with Crippen molar-refractivity contribution in [1.29, 1.82) is 0 Å². The van der Waals surface area contributed by atoms with Crippen LogP contribution in [0.1, 0.15) is 0 Å². The summed E-state index contributed by atoms with van der Waals surface area (Å²) in [5.41, 5.74) is 0. The second-order valence-electron chi connectivity index (χ2n) is 1.73. The van der Waals surface area contributed by atoms with Crippen molar-refractivity contribution >= 4 is 22.9 Å². The molecule has 0 fully saturated rings. The molecule has 1 aliphatic rings. The van der Waals surface area contributed by atoms with E-state index >= 15 is 0 Å². The van der Waals surface area contributed by atoms with Gasteiger partial charge in [0, 0.05) is 0 Å². The molecule has 6 heteroatoms. The maximum absolute atomic E-state index is 5.65. The summed E-state index contributed by atoms with van der Waals surface area (Å²) in [5, 5.41) is 1.56. The number of hydrogen-bond donors (Lipinski definition) is 0. The normalized spacial score (nSPS) is 17.5. The van der Waals surface area contributed by atoms with Crippen LogP contribution in [0.4, 0.5) is 0 Å². The summed E-state index contributed by atoms with van der Waals surface area (Å²) in [4.78, 5) is 12.4. The van der Waals surface area contributed by atoms with Gasteiger partial charge < -0.3 is 4.74 Å². The molecule has 1 rings (SSSR count). The summed E-state index contributed by atoms with van der Waals surface area (Å²) in [5.74, 6) is 0. The van der Waals surface area contributed by atoms with Gasteiger partial charge in [-0.05, 0) is 11.6 Å². The Morgan fingerprint density at radius 3 is 2.73 bits per heavy atom. The first-order valence-electron chi connectivity index (χ1n) is 2.92. The molecule has 0 aromatic carbocycles. The van der Waals surface area contributed by atoms with Gasteiger partial charge in [0.1, 0.15) is 6.67 Å². The van der Waals surface area contributed by atoms with Crippen LogP contribution in [0, 0.1) is 0 Å². The molecule has 0 saturated carbocycles. The smallest absolute Gasteiger partial charge is 0.316 e. The summed E-state index contributed by atoms with van der Waals surface area (Å²) in [7, 11) is 2.97. The van der Waals surface area contributed by atoms with Crippen LogP contribution < -0.4 is 0 Å². The van der Waals surface area contributed by atoms with E-state index in [9.17, 15) is 0 Å². The highest BCUT2D eigenvalue weighted by Gasteiger charge is 2.14. The Morgan fingerprint density at radius 2 is 2.27 bits per heavy atom. The number of ether oxygens (including phenoxy) is 1.